The molecule has 1 heterocycles. The van der Waals surface area contributed by atoms with Crippen molar-refractivity contribution in [3.63, 3.8) is 0 Å². The summed E-state index contributed by atoms with van der Waals surface area (Å²) in [5, 5.41) is 3.26. The van der Waals surface area contributed by atoms with E-state index in [0.717, 1.165) is 32.4 Å². The van der Waals surface area contributed by atoms with Crippen molar-refractivity contribution in [2.75, 3.05) is 13.1 Å². The fraction of sp³-hybridized carbons (Fsp3) is 0.882. The number of primary amides is 1. The molecule has 2 rings (SSSR count). The third-order valence-electron chi connectivity index (χ3n) is 5.89. The summed E-state index contributed by atoms with van der Waals surface area (Å²) in [6, 6.07) is 0.181. The highest BCUT2D eigenvalue weighted by Gasteiger charge is 2.32. The minimum Gasteiger partial charge on any atom is -0.369 e. The Hall–Kier alpha value is -1.10. The first kappa shape index (κ1) is 17.3. The number of hydrogen-bond donors (Lipinski definition) is 2. The lowest BCUT2D eigenvalue weighted by Gasteiger charge is -2.38. The number of nitrogens with one attached hydrogen (secondary N) is 1. The van der Waals surface area contributed by atoms with Crippen LogP contribution in [-0.2, 0) is 9.59 Å². The van der Waals surface area contributed by atoms with Gasteiger partial charge in [-0.3, -0.25) is 14.5 Å². The van der Waals surface area contributed by atoms with E-state index in [9.17, 15) is 9.59 Å². The van der Waals surface area contributed by atoms with Gasteiger partial charge in [0.1, 0.15) is 0 Å². The van der Waals surface area contributed by atoms with Gasteiger partial charge in [0, 0.05) is 12.0 Å². The van der Waals surface area contributed by atoms with Gasteiger partial charge in [0.2, 0.25) is 11.8 Å². The van der Waals surface area contributed by atoms with Crippen LogP contribution in [0.1, 0.15) is 52.9 Å². The van der Waals surface area contributed by atoms with Crippen molar-refractivity contribution in [1.82, 2.24) is 10.2 Å². The van der Waals surface area contributed by atoms with Crippen LogP contribution in [-0.4, -0.2) is 41.9 Å². The van der Waals surface area contributed by atoms with Gasteiger partial charge in [-0.15, -0.1) is 0 Å². The van der Waals surface area contributed by atoms with Gasteiger partial charge in [0.15, 0.2) is 0 Å². The van der Waals surface area contributed by atoms with E-state index in [2.05, 4.69) is 24.1 Å². The second kappa shape index (κ2) is 7.44. The van der Waals surface area contributed by atoms with Gasteiger partial charge in [0.25, 0.3) is 0 Å². The Bertz CT molecular complexity index is 405. The lowest BCUT2D eigenvalue weighted by molar-refractivity contribution is -0.128. The van der Waals surface area contributed by atoms with E-state index in [0.29, 0.717) is 17.9 Å². The topological polar surface area (TPSA) is 75.4 Å². The van der Waals surface area contributed by atoms with Crippen LogP contribution in [0.15, 0.2) is 0 Å². The highest BCUT2D eigenvalue weighted by Crippen LogP contribution is 2.29. The van der Waals surface area contributed by atoms with Gasteiger partial charge < -0.3 is 11.1 Å². The molecule has 2 fully saturated rings. The minimum atomic E-state index is -0.207. The van der Waals surface area contributed by atoms with E-state index in [-0.39, 0.29) is 23.8 Å². The van der Waals surface area contributed by atoms with Crippen molar-refractivity contribution in [2.45, 2.75) is 65.0 Å². The first-order valence-corrected chi connectivity index (χ1v) is 8.74. The predicted octanol–water partition coefficient (Wildman–Crippen LogP) is 1.51. The summed E-state index contributed by atoms with van der Waals surface area (Å²) in [5.41, 5.74) is 5.36. The Balaban J connectivity index is 1.83. The third-order valence-corrected chi connectivity index (χ3v) is 5.89. The largest absolute Gasteiger partial charge is 0.369 e. The molecule has 0 bridgehead atoms. The molecule has 0 aromatic carbocycles. The molecule has 3 N–H and O–H groups in total. The average molecular weight is 309 g/mol. The third kappa shape index (κ3) is 4.00. The second-order valence-corrected chi connectivity index (χ2v) is 7.27. The normalized spacial score (nSPS) is 32.4. The molecule has 0 radical (unpaired) electrons. The summed E-state index contributed by atoms with van der Waals surface area (Å²) >= 11 is 0. The molecular weight excluding hydrogens is 278 g/mol. The van der Waals surface area contributed by atoms with E-state index >= 15 is 0 Å². The SMILES string of the molecule is C[C@@H]1[C@H](C)CCC[C@@H]1NC(=O)[C@H](C)N1CCC(C(N)=O)CC1. The predicted molar refractivity (Wildman–Crippen MR) is 87.1 cm³/mol. The molecule has 0 aromatic rings. The maximum Gasteiger partial charge on any atom is 0.237 e. The summed E-state index contributed by atoms with van der Waals surface area (Å²) in [6.45, 7) is 8.05. The van der Waals surface area contributed by atoms with Crippen LogP contribution < -0.4 is 11.1 Å². The summed E-state index contributed by atoms with van der Waals surface area (Å²) in [6.07, 6.45) is 5.10. The zero-order valence-electron chi connectivity index (χ0n) is 14.2. The molecule has 0 spiro atoms. The minimum absolute atomic E-state index is 0.0225. The van der Waals surface area contributed by atoms with Gasteiger partial charge >= 0.3 is 0 Å². The summed E-state index contributed by atoms with van der Waals surface area (Å²) < 4.78 is 0. The molecule has 1 saturated carbocycles. The zero-order chi connectivity index (χ0) is 16.3. The molecule has 22 heavy (non-hydrogen) atoms. The Morgan fingerprint density at radius 1 is 1.14 bits per heavy atom. The highest BCUT2D eigenvalue weighted by atomic mass is 16.2. The molecule has 0 aromatic heterocycles. The van der Waals surface area contributed by atoms with Gasteiger partial charge in [-0.25, -0.2) is 0 Å². The van der Waals surface area contributed by atoms with Gasteiger partial charge in [-0.05, 0) is 51.1 Å². The monoisotopic (exact) mass is 309 g/mol. The maximum atomic E-state index is 12.5. The molecule has 1 aliphatic heterocycles. The van der Waals surface area contributed by atoms with Crippen molar-refractivity contribution < 1.29 is 9.59 Å². The fourth-order valence-corrected chi connectivity index (χ4v) is 3.83. The van der Waals surface area contributed by atoms with Crippen molar-refractivity contribution >= 4 is 11.8 Å². The van der Waals surface area contributed by atoms with Crippen molar-refractivity contribution in [3.05, 3.63) is 0 Å². The first-order chi connectivity index (χ1) is 10.4. The molecule has 0 unspecified atom stereocenters. The van der Waals surface area contributed by atoms with E-state index in [4.69, 9.17) is 5.73 Å². The summed E-state index contributed by atoms with van der Waals surface area (Å²) in [5.74, 6) is 1.13. The van der Waals surface area contributed by atoms with Gasteiger partial charge in [-0.2, -0.15) is 0 Å². The number of carbonyl (C=O) groups excluding carboxylic acids is 2. The Morgan fingerprint density at radius 3 is 2.36 bits per heavy atom. The number of carbonyl (C=O) groups is 2. The first-order valence-electron chi connectivity index (χ1n) is 8.74. The van der Waals surface area contributed by atoms with Crippen LogP contribution in [0.4, 0.5) is 0 Å². The lowest BCUT2D eigenvalue weighted by atomic mass is 9.78. The molecule has 4 atom stereocenters. The number of likely N-dealkylation sites (tertiary alicyclic amines) is 1. The number of hydrogen-bond acceptors (Lipinski definition) is 3. The van der Waals surface area contributed by atoms with Gasteiger partial charge in [0.05, 0.1) is 6.04 Å². The molecule has 1 aliphatic carbocycles. The Morgan fingerprint density at radius 2 is 1.77 bits per heavy atom. The van der Waals surface area contributed by atoms with Crippen LogP contribution in [0.5, 0.6) is 0 Å². The van der Waals surface area contributed by atoms with Crippen LogP contribution >= 0.6 is 0 Å². The molecule has 126 valence electrons. The molecule has 5 nitrogen and oxygen atoms in total. The van der Waals surface area contributed by atoms with E-state index < -0.39 is 0 Å². The van der Waals surface area contributed by atoms with Crippen molar-refractivity contribution in [2.24, 2.45) is 23.5 Å². The highest BCUT2D eigenvalue weighted by molar-refractivity contribution is 5.81. The van der Waals surface area contributed by atoms with E-state index in [1.165, 1.54) is 12.8 Å². The van der Waals surface area contributed by atoms with Crippen molar-refractivity contribution in [3.8, 4) is 0 Å². The fourth-order valence-electron chi connectivity index (χ4n) is 3.83. The van der Waals surface area contributed by atoms with Gasteiger partial charge in [-0.1, -0.05) is 26.7 Å². The average Bonchev–Trinajstić information content (AvgIpc) is 2.51. The van der Waals surface area contributed by atoms with Crippen LogP contribution in [0, 0.1) is 17.8 Å². The number of nitrogens with zero attached hydrogens (tertiary/aromatic N) is 1. The van der Waals surface area contributed by atoms with Crippen molar-refractivity contribution in [1.29, 1.82) is 0 Å². The lowest BCUT2D eigenvalue weighted by Crippen LogP contribution is -2.53. The van der Waals surface area contributed by atoms with E-state index in [1.807, 2.05) is 6.92 Å². The number of amides is 2. The maximum absolute atomic E-state index is 12.5. The molecule has 1 saturated heterocycles. The number of piperidine rings is 1. The summed E-state index contributed by atoms with van der Waals surface area (Å²) in [7, 11) is 0. The molecule has 5 heteroatoms. The van der Waals surface area contributed by atoms with Crippen LogP contribution in [0.2, 0.25) is 0 Å². The number of nitrogens with two attached hydrogens (primary N) is 1. The molecule has 2 aliphatic rings. The Kier molecular flexibility index (Phi) is 5.84. The van der Waals surface area contributed by atoms with Crippen LogP contribution in [0.3, 0.4) is 0 Å². The smallest absolute Gasteiger partial charge is 0.237 e. The quantitative estimate of drug-likeness (QED) is 0.826. The standard InChI is InChI=1S/C17H31N3O2/c1-11-5-4-6-15(12(11)2)19-17(22)13(3)20-9-7-14(8-10-20)16(18)21/h11-15H,4-10H2,1-3H3,(H2,18,21)(H,19,22)/t11-,12-,13+,15+/m1/s1. The van der Waals surface area contributed by atoms with Crippen LogP contribution in [0.25, 0.3) is 0 Å². The Labute approximate surface area is 134 Å². The second-order valence-electron chi connectivity index (χ2n) is 7.27. The number of rotatable bonds is 4. The molecular formula is C17H31N3O2. The van der Waals surface area contributed by atoms with E-state index in [1.54, 1.807) is 0 Å². The zero-order valence-corrected chi connectivity index (χ0v) is 14.2. The molecule has 2 amide bonds. The summed E-state index contributed by atoms with van der Waals surface area (Å²) in [4.78, 5) is 25.9.